The van der Waals surface area contributed by atoms with E-state index in [4.69, 9.17) is 14.2 Å². The predicted octanol–water partition coefficient (Wildman–Crippen LogP) is 3.83. The number of anilines is 1. The number of nitrogens with one attached hydrogen (secondary N) is 1. The highest BCUT2D eigenvalue weighted by atomic mass is 16.6. The summed E-state index contributed by atoms with van der Waals surface area (Å²) < 4.78 is 15.3. The Labute approximate surface area is 173 Å². The highest BCUT2D eigenvalue weighted by molar-refractivity contribution is 6.07. The number of nitro benzene ring substituents is 1. The number of amides is 1. The normalized spacial score (nSPS) is 10.5. The van der Waals surface area contributed by atoms with Crippen LogP contribution in [0.15, 0.2) is 42.5 Å². The van der Waals surface area contributed by atoms with E-state index in [1.165, 1.54) is 25.3 Å². The molecule has 0 bridgehead atoms. The van der Waals surface area contributed by atoms with E-state index in [-0.39, 0.29) is 30.3 Å². The molecule has 9 nitrogen and oxygen atoms in total. The second-order valence-corrected chi connectivity index (χ2v) is 5.87. The fraction of sp³-hybridized carbons (Fsp3) is 0.238. The number of nitro groups is 1. The van der Waals surface area contributed by atoms with Gasteiger partial charge in [0.1, 0.15) is 5.56 Å². The van der Waals surface area contributed by atoms with Crippen molar-refractivity contribution in [1.82, 2.24) is 0 Å². The van der Waals surface area contributed by atoms with Gasteiger partial charge in [-0.2, -0.15) is 0 Å². The minimum absolute atomic E-state index is 0.161. The molecule has 0 saturated heterocycles. The first-order valence-corrected chi connectivity index (χ1v) is 9.15. The smallest absolute Gasteiger partial charge is 0.330 e. The van der Waals surface area contributed by atoms with Crippen molar-refractivity contribution in [3.63, 3.8) is 0 Å². The van der Waals surface area contributed by atoms with Gasteiger partial charge in [-0.05, 0) is 37.6 Å². The fourth-order valence-electron chi connectivity index (χ4n) is 2.54. The van der Waals surface area contributed by atoms with Crippen LogP contribution >= 0.6 is 0 Å². The molecule has 0 fully saturated rings. The number of esters is 1. The molecule has 2 aromatic carbocycles. The van der Waals surface area contributed by atoms with Crippen LogP contribution in [-0.2, 0) is 9.53 Å². The van der Waals surface area contributed by atoms with Gasteiger partial charge in [-0.1, -0.05) is 12.1 Å². The number of hydrogen-bond acceptors (Lipinski definition) is 7. The molecule has 1 amide bonds. The molecule has 0 radical (unpaired) electrons. The number of methoxy groups -OCH3 is 1. The zero-order valence-electron chi connectivity index (χ0n) is 16.8. The Morgan fingerprint density at radius 3 is 2.37 bits per heavy atom. The lowest BCUT2D eigenvalue weighted by atomic mass is 10.1. The minimum Gasteiger partial charge on any atom is -0.493 e. The average molecular weight is 414 g/mol. The number of hydrogen-bond donors (Lipinski definition) is 1. The lowest BCUT2D eigenvalue weighted by Crippen LogP contribution is -2.14. The van der Waals surface area contributed by atoms with Crippen LogP contribution in [0.4, 0.5) is 11.4 Å². The Balaban J connectivity index is 2.22. The topological polar surface area (TPSA) is 117 Å². The van der Waals surface area contributed by atoms with Gasteiger partial charge in [0.2, 0.25) is 0 Å². The molecule has 0 aromatic heterocycles. The molecule has 2 rings (SSSR count). The van der Waals surface area contributed by atoms with Crippen molar-refractivity contribution in [2.75, 3.05) is 25.6 Å². The zero-order chi connectivity index (χ0) is 22.1. The third kappa shape index (κ3) is 5.81. The largest absolute Gasteiger partial charge is 0.493 e. The maximum Gasteiger partial charge on any atom is 0.330 e. The molecule has 0 aliphatic heterocycles. The van der Waals surface area contributed by atoms with Gasteiger partial charge in [-0.3, -0.25) is 14.9 Å². The van der Waals surface area contributed by atoms with Crippen molar-refractivity contribution in [3.8, 4) is 11.5 Å². The Morgan fingerprint density at radius 1 is 1.10 bits per heavy atom. The van der Waals surface area contributed by atoms with E-state index in [0.29, 0.717) is 5.69 Å². The Hall–Kier alpha value is -3.88. The van der Waals surface area contributed by atoms with Gasteiger partial charge in [-0.15, -0.1) is 0 Å². The molecular formula is C21H22N2O7. The summed E-state index contributed by atoms with van der Waals surface area (Å²) in [6.07, 6.45) is 2.87. The molecule has 0 aliphatic carbocycles. The van der Waals surface area contributed by atoms with E-state index < -0.39 is 22.5 Å². The molecule has 2 aromatic rings. The van der Waals surface area contributed by atoms with Crippen LogP contribution in [0.3, 0.4) is 0 Å². The van der Waals surface area contributed by atoms with Gasteiger partial charge in [0, 0.05) is 17.8 Å². The van der Waals surface area contributed by atoms with E-state index in [2.05, 4.69) is 5.32 Å². The lowest BCUT2D eigenvalue weighted by Gasteiger charge is -2.12. The monoisotopic (exact) mass is 414 g/mol. The minimum atomic E-state index is -0.669. The first-order chi connectivity index (χ1) is 14.4. The molecule has 0 saturated carbocycles. The highest BCUT2D eigenvalue weighted by Gasteiger charge is 2.24. The van der Waals surface area contributed by atoms with Crippen LogP contribution < -0.4 is 14.8 Å². The maximum absolute atomic E-state index is 12.7. The summed E-state index contributed by atoms with van der Waals surface area (Å²) in [7, 11) is 1.38. The van der Waals surface area contributed by atoms with Gasteiger partial charge in [0.15, 0.2) is 11.5 Å². The summed E-state index contributed by atoms with van der Waals surface area (Å²) in [6.45, 7) is 4.03. The van der Waals surface area contributed by atoms with Gasteiger partial charge in [0.05, 0.1) is 31.3 Å². The number of carbonyl (C=O) groups excluding carboxylic acids is 2. The number of ether oxygens (including phenoxy) is 3. The van der Waals surface area contributed by atoms with Crippen LogP contribution in [-0.4, -0.2) is 37.1 Å². The maximum atomic E-state index is 12.7. The standard InChI is InChI=1S/C21H22N2O7/c1-4-29-19-13-17(23(26)27)16(12-18(19)28-3)21(25)22-15-9-6-14(7-10-15)8-11-20(24)30-5-2/h6-13H,4-5H2,1-3H3,(H,22,25)/b11-8+. The molecule has 1 N–H and O–H groups in total. The quantitative estimate of drug-likeness (QED) is 0.287. The van der Waals surface area contributed by atoms with E-state index >= 15 is 0 Å². The van der Waals surface area contributed by atoms with Gasteiger partial charge in [0.25, 0.3) is 11.6 Å². The zero-order valence-corrected chi connectivity index (χ0v) is 16.8. The average Bonchev–Trinajstić information content (AvgIpc) is 2.73. The Bertz CT molecular complexity index is 953. The molecule has 9 heteroatoms. The van der Waals surface area contributed by atoms with Crippen LogP contribution in [0, 0.1) is 10.1 Å². The fourth-order valence-corrected chi connectivity index (χ4v) is 2.54. The van der Waals surface area contributed by atoms with Crippen molar-refractivity contribution in [3.05, 3.63) is 63.7 Å². The molecule has 158 valence electrons. The van der Waals surface area contributed by atoms with Crippen LogP contribution in [0.25, 0.3) is 6.08 Å². The SMILES string of the molecule is CCOC(=O)/C=C/c1ccc(NC(=O)c2cc(OC)c(OCC)cc2[N+](=O)[O-])cc1. The summed E-state index contributed by atoms with van der Waals surface area (Å²) in [4.78, 5) is 34.8. The number of rotatable bonds is 9. The van der Waals surface area contributed by atoms with Crippen molar-refractivity contribution in [2.45, 2.75) is 13.8 Å². The van der Waals surface area contributed by atoms with Crippen molar-refractivity contribution in [1.29, 1.82) is 0 Å². The van der Waals surface area contributed by atoms with Gasteiger partial charge in [-0.25, -0.2) is 4.79 Å². The first kappa shape index (κ1) is 22.4. The van der Waals surface area contributed by atoms with Crippen LogP contribution in [0.1, 0.15) is 29.8 Å². The number of carbonyl (C=O) groups is 2. The van der Waals surface area contributed by atoms with Crippen molar-refractivity contribution in [2.24, 2.45) is 0 Å². The number of nitrogens with zero attached hydrogens (tertiary/aromatic N) is 1. The van der Waals surface area contributed by atoms with E-state index in [0.717, 1.165) is 5.56 Å². The first-order valence-electron chi connectivity index (χ1n) is 9.15. The molecule has 0 spiro atoms. The van der Waals surface area contributed by atoms with E-state index in [9.17, 15) is 19.7 Å². The molecule has 0 aliphatic rings. The second kappa shape index (κ2) is 10.6. The Kier molecular flexibility index (Phi) is 7.92. The molecule has 0 heterocycles. The van der Waals surface area contributed by atoms with Gasteiger partial charge >= 0.3 is 5.97 Å². The number of benzene rings is 2. The highest BCUT2D eigenvalue weighted by Crippen LogP contribution is 2.35. The molecular weight excluding hydrogens is 392 g/mol. The van der Waals surface area contributed by atoms with Crippen LogP contribution in [0.2, 0.25) is 0 Å². The molecule has 0 unspecified atom stereocenters. The van der Waals surface area contributed by atoms with Crippen molar-refractivity contribution >= 4 is 29.3 Å². The van der Waals surface area contributed by atoms with Gasteiger partial charge < -0.3 is 19.5 Å². The van der Waals surface area contributed by atoms with Crippen LogP contribution in [0.5, 0.6) is 11.5 Å². The lowest BCUT2D eigenvalue weighted by molar-refractivity contribution is -0.385. The summed E-state index contributed by atoms with van der Waals surface area (Å²) in [6, 6.07) is 9.02. The van der Waals surface area contributed by atoms with Crippen molar-refractivity contribution < 1.29 is 28.7 Å². The molecule has 30 heavy (non-hydrogen) atoms. The third-order valence-corrected chi connectivity index (χ3v) is 3.89. The molecule has 0 atom stereocenters. The summed E-state index contributed by atoms with van der Waals surface area (Å²) in [5.74, 6) is -0.724. The summed E-state index contributed by atoms with van der Waals surface area (Å²) in [5.41, 5.74) is 0.586. The summed E-state index contributed by atoms with van der Waals surface area (Å²) in [5, 5.41) is 14.0. The van der Waals surface area contributed by atoms with E-state index in [1.807, 2.05) is 0 Å². The van der Waals surface area contributed by atoms with E-state index in [1.54, 1.807) is 44.2 Å². The Morgan fingerprint density at radius 2 is 1.80 bits per heavy atom. The summed E-state index contributed by atoms with van der Waals surface area (Å²) >= 11 is 0. The second-order valence-electron chi connectivity index (χ2n) is 5.87. The third-order valence-electron chi connectivity index (χ3n) is 3.89. The predicted molar refractivity (Wildman–Crippen MR) is 111 cm³/mol.